The van der Waals surface area contributed by atoms with Crippen molar-refractivity contribution in [3.63, 3.8) is 0 Å². The number of para-hydroxylation sites is 1. The van der Waals surface area contributed by atoms with Crippen LogP contribution in [0.25, 0.3) is 11.6 Å². The van der Waals surface area contributed by atoms with Gasteiger partial charge in [-0.3, -0.25) is 0 Å². The lowest BCUT2D eigenvalue weighted by atomic mass is 9.76. The van der Waals surface area contributed by atoms with Crippen LogP contribution in [0.2, 0.25) is 0 Å². The third kappa shape index (κ3) is 1.93. The van der Waals surface area contributed by atoms with Gasteiger partial charge in [0, 0.05) is 17.2 Å². The van der Waals surface area contributed by atoms with E-state index in [-0.39, 0.29) is 0 Å². The van der Waals surface area contributed by atoms with Crippen LogP contribution in [0.3, 0.4) is 0 Å². The van der Waals surface area contributed by atoms with Crippen LogP contribution in [0.5, 0.6) is 0 Å². The predicted molar refractivity (Wildman–Crippen MR) is 96.4 cm³/mol. The second-order valence-corrected chi connectivity index (χ2v) is 6.63. The van der Waals surface area contributed by atoms with Crippen LogP contribution >= 0.6 is 0 Å². The van der Waals surface area contributed by atoms with E-state index in [1.165, 1.54) is 27.3 Å². The Hall–Kier alpha value is -2.54. The minimum Gasteiger partial charge on any atom is -0.377 e. The third-order valence-corrected chi connectivity index (χ3v) is 5.36. The fourth-order valence-corrected chi connectivity index (χ4v) is 4.30. The van der Waals surface area contributed by atoms with Gasteiger partial charge >= 0.3 is 0 Å². The Balaban J connectivity index is 1.76. The molecule has 1 heterocycles. The molecule has 2 aromatic carbocycles. The molecule has 3 atom stereocenters. The maximum atomic E-state index is 3.80. The second-order valence-electron chi connectivity index (χ2n) is 6.63. The van der Waals surface area contributed by atoms with E-state index in [2.05, 4.69) is 84.2 Å². The highest BCUT2D eigenvalue weighted by Crippen LogP contribution is 2.41. The van der Waals surface area contributed by atoms with Gasteiger partial charge in [0.05, 0.1) is 6.04 Å². The molecule has 0 amide bonds. The van der Waals surface area contributed by atoms with Crippen molar-refractivity contribution in [2.24, 2.45) is 11.8 Å². The number of benzene rings is 2. The Labute approximate surface area is 136 Å². The van der Waals surface area contributed by atoms with Gasteiger partial charge in [-0.15, -0.1) is 0 Å². The quantitative estimate of drug-likeness (QED) is 0.852. The molecule has 5 rings (SSSR count). The molecule has 2 aliphatic carbocycles. The molecule has 0 fully saturated rings. The summed E-state index contributed by atoms with van der Waals surface area (Å²) in [6.07, 6.45) is 12.6. The van der Waals surface area contributed by atoms with Gasteiger partial charge in [0.25, 0.3) is 0 Å². The molecule has 1 aliphatic heterocycles. The van der Waals surface area contributed by atoms with Crippen molar-refractivity contribution >= 4 is 17.3 Å². The molecular formula is C22H19N. The number of fused-ring (bicyclic) bond motifs is 4. The van der Waals surface area contributed by atoms with Gasteiger partial charge in [-0.05, 0) is 34.4 Å². The Morgan fingerprint density at radius 2 is 1.78 bits per heavy atom. The van der Waals surface area contributed by atoms with Gasteiger partial charge in [0.2, 0.25) is 0 Å². The monoisotopic (exact) mass is 297 g/mol. The fourth-order valence-electron chi connectivity index (χ4n) is 4.30. The van der Waals surface area contributed by atoms with Crippen molar-refractivity contribution in [3.05, 3.63) is 88.8 Å². The number of hydrogen-bond donors (Lipinski definition) is 1. The molecule has 0 spiro atoms. The zero-order chi connectivity index (χ0) is 15.2. The minimum atomic E-state index is 0.378. The maximum Gasteiger partial charge on any atom is 0.0595 e. The summed E-state index contributed by atoms with van der Waals surface area (Å²) in [5.74, 6) is 1.06. The topological polar surface area (TPSA) is 12.0 Å². The summed E-state index contributed by atoms with van der Waals surface area (Å²) in [5, 5.41) is 6.57. The van der Waals surface area contributed by atoms with Gasteiger partial charge in [-0.1, -0.05) is 72.8 Å². The molecule has 0 aromatic heterocycles. The first-order valence-corrected chi connectivity index (χ1v) is 8.42. The normalized spacial score (nSPS) is 26.8. The number of anilines is 1. The lowest BCUT2D eigenvalue weighted by molar-refractivity contribution is 0.480. The van der Waals surface area contributed by atoms with Crippen molar-refractivity contribution in [2.75, 3.05) is 5.32 Å². The minimum absolute atomic E-state index is 0.378. The average molecular weight is 297 g/mol. The molecule has 0 saturated carbocycles. The highest BCUT2D eigenvalue weighted by atomic mass is 15.0. The van der Waals surface area contributed by atoms with Crippen LogP contribution in [0.4, 0.5) is 5.69 Å². The Morgan fingerprint density at radius 1 is 0.913 bits per heavy atom. The SMILES string of the molecule is C1=CCC(C2C=c3ccccc3=C3c4ccccc4NC32)C=C1. The predicted octanol–water partition coefficient (Wildman–Crippen LogP) is 3.22. The maximum absolute atomic E-state index is 3.80. The zero-order valence-corrected chi connectivity index (χ0v) is 12.9. The van der Waals surface area contributed by atoms with Gasteiger partial charge < -0.3 is 5.32 Å². The van der Waals surface area contributed by atoms with Gasteiger partial charge in [0.1, 0.15) is 0 Å². The lowest BCUT2D eigenvalue weighted by Gasteiger charge is -2.31. The number of nitrogens with one attached hydrogen (secondary N) is 1. The molecule has 112 valence electrons. The van der Waals surface area contributed by atoms with Crippen LogP contribution in [-0.2, 0) is 0 Å². The summed E-state index contributed by atoms with van der Waals surface area (Å²) in [6, 6.07) is 17.9. The first-order chi connectivity index (χ1) is 11.4. The highest BCUT2D eigenvalue weighted by Gasteiger charge is 2.36. The molecule has 3 aliphatic rings. The summed E-state index contributed by atoms with van der Waals surface area (Å²) >= 11 is 0. The van der Waals surface area contributed by atoms with Gasteiger partial charge in [-0.25, -0.2) is 0 Å². The number of rotatable bonds is 1. The first kappa shape index (κ1) is 13.0. The van der Waals surface area contributed by atoms with Crippen LogP contribution < -0.4 is 15.8 Å². The van der Waals surface area contributed by atoms with Crippen molar-refractivity contribution in [3.8, 4) is 0 Å². The first-order valence-electron chi connectivity index (χ1n) is 8.42. The van der Waals surface area contributed by atoms with E-state index in [1.54, 1.807) is 0 Å². The molecular weight excluding hydrogens is 278 g/mol. The van der Waals surface area contributed by atoms with E-state index in [9.17, 15) is 0 Å². The standard InChI is InChI=1S/C22H19N/c1-2-8-15(9-3-1)19-14-16-10-4-5-11-17(16)21-18-12-6-7-13-20(18)23-22(19)21/h1-8,10-15,19,22-23H,9H2. The Bertz CT molecular complexity index is 948. The van der Waals surface area contributed by atoms with Gasteiger partial charge in [0.15, 0.2) is 0 Å². The van der Waals surface area contributed by atoms with Crippen LogP contribution in [0, 0.1) is 11.8 Å². The smallest absolute Gasteiger partial charge is 0.0595 e. The third-order valence-electron chi connectivity index (χ3n) is 5.36. The molecule has 1 heteroatoms. The molecule has 3 unspecified atom stereocenters. The fraction of sp³-hybridized carbons (Fsp3) is 0.182. The Kier molecular flexibility index (Phi) is 2.81. The van der Waals surface area contributed by atoms with E-state index < -0.39 is 0 Å². The number of allylic oxidation sites excluding steroid dienone is 4. The summed E-state index contributed by atoms with van der Waals surface area (Å²) in [5.41, 5.74) is 4.13. The summed E-state index contributed by atoms with van der Waals surface area (Å²) in [4.78, 5) is 0. The Morgan fingerprint density at radius 3 is 2.70 bits per heavy atom. The molecule has 2 aromatic rings. The van der Waals surface area contributed by atoms with E-state index >= 15 is 0 Å². The molecule has 0 radical (unpaired) electrons. The zero-order valence-electron chi connectivity index (χ0n) is 12.9. The molecule has 0 saturated heterocycles. The van der Waals surface area contributed by atoms with Crippen molar-refractivity contribution in [1.29, 1.82) is 0 Å². The van der Waals surface area contributed by atoms with Gasteiger partial charge in [-0.2, -0.15) is 0 Å². The lowest BCUT2D eigenvalue weighted by Crippen LogP contribution is -2.42. The molecule has 23 heavy (non-hydrogen) atoms. The number of hydrogen-bond acceptors (Lipinski definition) is 1. The highest BCUT2D eigenvalue weighted by molar-refractivity contribution is 5.88. The molecule has 1 N–H and O–H groups in total. The van der Waals surface area contributed by atoms with E-state index in [1.807, 2.05) is 0 Å². The van der Waals surface area contributed by atoms with Crippen LogP contribution in [-0.4, -0.2) is 6.04 Å². The van der Waals surface area contributed by atoms with Crippen LogP contribution in [0.15, 0.2) is 72.8 Å². The molecule has 1 nitrogen and oxygen atoms in total. The van der Waals surface area contributed by atoms with Crippen molar-refractivity contribution in [2.45, 2.75) is 12.5 Å². The van der Waals surface area contributed by atoms with Crippen molar-refractivity contribution < 1.29 is 0 Å². The molecule has 0 bridgehead atoms. The van der Waals surface area contributed by atoms with E-state index in [0.717, 1.165) is 6.42 Å². The van der Waals surface area contributed by atoms with Crippen LogP contribution in [0.1, 0.15) is 12.0 Å². The largest absolute Gasteiger partial charge is 0.377 e. The average Bonchev–Trinajstić information content (AvgIpc) is 3.01. The summed E-state index contributed by atoms with van der Waals surface area (Å²) in [6.45, 7) is 0. The van der Waals surface area contributed by atoms with Crippen molar-refractivity contribution in [1.82, 2.24) is 0 Å². The summed E-state index contributed by atoms with van der Waals surface area (Å²) in [7, 11) is 0. The second kappa shape index (κ2) is 4.99. The summed E-state index contributed by atoms with van der Waals surface area (Å²) < 4.78 is 0. The van der Waals surface area contributed by atoms with E-state index in [4.69, 9.17) is 0 Å². The van der Waals surface area contributed by atoms with E-state index in [0.29, 0.717) is 17.9 Å².